The molecule has 0 fully saturated rings. The van der Waals surface area contributed by atoms with Gasteiger partial charge in [0, 0.05) is 10.1 Å². The first-order chi connectivity index (χ1) is 11.6. The largest absolute Gasteiger partial charge is 0.283 e. The summed E-state index contributed by atoms with van der Waals surface area (Å²) in [4.78, 5) is 12.8. The number of carbonyl (C=O) groups excluding carboxylic acids is 1. The van der Waals surface area contributed by atoms with E-state index in [0.29, 0.717) is 15.6 Å². The van der Waals surface area contributed by atoms with Crippen molar-refractivity contribution in [3.63, 3.8) is 0 Å². The Morgan fingerprint density at radius 3 is 2.58 bits per heavy atom. The fourth-order valence-electron chi connectivity index (χ4n) is 2.17. The molecule has 0 saturated carbocycles. The molecule has 120 valence electrons. The average Bonchev–Trinajstić information content (AvgIpc) is 2.96. The van der Waals surface area contributed by atoms with Gasteiger partial charge in [-0.05, 0) is 24.6 Å². The maximum atomic E-state index is 12.3. The number of hydrogen-bond acceptors (Lipinski definition) is 3. The van der Waals surface area contributed by atoms with Crippen molar-refractivity contribution in [3.05, 3.63) is 76.1 Å². The van der Waals surface area contributed by atoms with Crippen LogP contribution in [-0.4, -0.2) is 11.6 Å². The SMILES string of the molecule is CC(/C=C\c1ccccc1)=NNC(=O)c1sc2ccccc2c1Cl. The van der Waals surface area contributed by atoms with Crippen LogP contribution in [0.5, 0.6) is 0 Å². The molecule has 1 amide bonds. The van der Waals surface area contributed by atoms with E-state index in [-0.39, 0.29) is 5.91 Å². The van der Waals surface area contributed by atoms with E-state index < -0.39 is 0 Å². The molecule has 1 heterocycles. The summed E-state index contributed by atoms with van der Waals surface area (Å²) in [5, 5.41) is 5.47. The molecule has 0 atom stereocenters. The first kappa shape index (κ1) is 16.4. The van der Waals surface area contributed by atoms with E-state index in [1.54, 1.807) is 0 Å². The third-order valence-corrected chi connectivity index (χ3v) is 5.07. The average molecular weight is 355 g/mol. The minimum Gasteiger partial charge on any atom is -0.266 e. The van der Waals surface area contributed by atoms with Crippen LogP contribution in [0.1, 0.15) is 22.2 Å². The second-order valence-electron chi connectivity index (χ2n) is 5.18. The summed E-state index contributed by atoms with van der Waals surface area (Å²) in [6.45, 7) is 1.83. The number of thiophene rings is 1. The molecule has 0 bridgehead atoms. The Hall–Kier alpha value is -2.43. The number of amides is 1. The van der Waals surface area contributed by atoms with Gasteiger partial charge in [0.25, 0.3) is 5.91 Å². The zero-order valence-electron chi connectivity index (χ0n) is 13.0. The van der Waals surface area contributed by atoms with Crippen LogP contribution < -0.4 is 5.43 Å². The predicted octanol–water partition coefficient (Wildman–Crippen LogP) is 5.37. The minimum atomic E-state index is -0.298. The third kappa shape index (κ3) is 3.72. The van der Waals surface area contributed by atoms with Crippen LogP contribution >= 0.6 is 22.9 Å². The zero-order chi connectivity index (χ0) is 16.9. The fourth-order valence-corrected chi connectivity index (χ4v) is 3.57. The lowest BCUT2D eigenvalue weighted by atomic mass is 10.2. The molecular formula is C19H15ClN2OS. The predicted molar refractivity (Wildman–Crippen MR) is 103 cm³/mol. The van der Waals surface area contributed by atoms with E-state index >= 15 is 0 Å². The molecule has 0 unspecified atom stereocenters. The van der Waals surface area contributed by atoms with E-state index in [1.165, 1.54) is 11.3 Å². The van der Waals surface area contributed by atoms with Crippen molar-refractivity contribution in [2.24, 2.45) is 5.10 Å². The number of rotatable bonds is 4. The van der Waals surface area contributed by atoms with Gasteiger partial charge in [-0.3, -0.25) is 4.79 Å². The number of nitrogens with one attached hydrogen (secondary N) is 1. The molecule has 3 nitrogen and oxygen atoms in total. The number of hydrazone groups is 1. The van der Waals surface area contributed by atoms with Crippen LogP contribution in [0.3, 0.4) is 0 Å². The van der Waals surface area contributed by atoms with E-state index in [1.807, 2.05) is 73.7 Å². The zero-order valence-corrected chi connectivity index (χ0v) is 14.6. The summed E-state index contributed by atoms with van der Waals surface area (Å²) in [5.41, 5.74) is 4.33. The van der Waals surface area contributed by atoms with E-state index in [0.717, 1.165) is 15.6 Å². The molecule has 0 aliphatic heterocycles. The van der Waals surface area contributed by atoms with Gasteiger partial charge in [-0.15, -0.1) is 11.3 Å². The minimum absolute atomic E-state index is 0.298. The van der Waals surface area contributed by atoms with Gasteiger partial charge in [-0.1, -0.05) is 66.2 Å². The second kappa shape index (κ2) is 7.43. The van der Waals surface area contributed by atoms with Crippen LogP contribution in [0.15, 0.2) is 65.8 Å². The number of fused-ring (bicyclic) bond motifs is 1. The van der Waals surface area contributed by atoms with Gasteiger partial charge in [0.15, 0.2) is 0 Å². The van der Waals surface area contributed by atoms with Crippen LogP contribution in [-0.2, 0) is 0 Å². The van der Waals surface area contributed by atoms with Crippen LogP contribution in [0.4, 0.5) is 0 Å². The molecule has 24 heavy (non-hydrogen) atoms. The maximum Gasteiger partial charge on any atom is 0.283 e. The van der Waals surface area contributed by atoms with Crippen molar-refractivity contribution >= 4 is 50.7 Å². The normalized spacial score (nSPS) is 12.0. The maximum absolute atomic E-state index is 12.3. The van der Waals surface area contributed by atoms with E-state index in [2.05, 4.69) is 10.5 Å². The number of allylic oxidation sites excluding steroid dienone is 1. The molecule has 0 spiro atoms. The standard InChI is InChI=1S/C19H15ClN2OS/c1-13(11-12-14-7-3-2-4-8-14)21-22-19(23)18-17(20)15-9-5-6-10-16(15)24-18/h2-12H,1H3,(H,22,23)/b12-11-,21-13?. The van der Waals surface area contributed by atoms with Gasteiger partial charge in [-0.2, -0.15) is 5.10 Å². The van der Waals surface area contributed by atoms with E-state index in [4.69, 9.17) is 11.6 Å². The quantitative estimate of drug-likeness (QED) is 0.496. The molecule has 0 saturated heterocycles. The lowest BCUT2D eigenvalue weighted by Gasteiger charge is -1.98. The summed E-state index contributed by atoms with van der Waals surface area (Å²) >= 11 is 7.66. The van der Waals surface area contributed by atoms with Crippen molar-refractivity contribution < 1.29 is 4.79 Å². The summed E-state index contributed by atoms with van der Waals surface area (Å²) in [5.74, 6) is -0.298. The number of nitrogens with zero attached hydrogens (tertiary/aromatic N) is 1. The number of halogens is 1. The summed E-state index contributed by atoms with van der Waals surface area (Å²) < 4.78 is 0.984. The van der Waals surface area contributed by atoms with Crippen LogP contribution in [0, 0.1) is 0 Å². The molecule has 1 N–H and O–H groups in total. The van der Waals surface area contributed by atoms with Gasteiger partial charge in [0.05, 0.1) is 10.7 Å². The lowest BCUT2D eigenvalue weighted by molar-refractivity contribution is 0.0959. The highest BCUT2D eigenvalue weighted by molar-refractivity contribution is 7.21. The van der Waals surface area contributed by atoms with Crippen molar-refractivity contribution in [1.29, 1.82) is 0 Å². The van der Waals surface area contributed by atoms with Gasteiger partial charge in [-0.25, -0.2) is 5.43 Å². The Bertz CT molecular complexity index is 929. The van der Waals surface area contributed by atoms with Crippen LogP contribution in [0.25, 0.3) is 16.2 Å². The summed E-state index contributed by atoms with van der Waals surface area (Å²) in [6, 6.07) is 17.6. The highest BCUT2D eigenvalue weighted by Crippen LogP contribution is 2.34. The monoisotopic (exact) mass is 354 g/mol. The number of hydrogen-bond donors (Lipinski definition) is 1. The molecule has 2 aromatic carbocycles. The first-order valence-electron chi connectivity index (χ1n) is 7.40. The summed E-state index contributed by atoms with van der Waals surface area (Å²) in [7, 11) is 0. The first-order valence-corrected chi connectivity index (χ1v) is 8.59. The molecule has 3 aromatic rings. The third-order valence-electron chi connectivity index (χ3n) is 3.39. The fraction of sp³-hybridized carbons (Fsp3) is 0.0526. The van der Waals surface area contributed by atoms with Crippen LogP contribution in [0.2, 0.25) is 5.02 Å². The smallest absolute Gasteiger partial charge is 0.266 e. The molecule has 0 aliphatic rings. The molecule has 0 radical (unpaired) electrons. The summed E-state index contributed by atoms with van der Waals surface area (Å²) in [6.07, 6.45) is 3.79. The Morgan fingerprint density at radius 2 is 1.83 bits per heavy atom. The highest BCUT2D eigenvalue weighted by Gasteiger charge is 2.16. The molecule has 0 aliphatic carbocycles. The Morgan fingerprint density at radius 1 is 1.12 bits per heavy atom. The molecule has 3 rings (SSSR count). The van der Waals surface area contributed by atoms with Crippen molar-refractivity contribution in [3.8, 4) is 0 Å². The lowest BCUT2D eigenvalue weighted by Crippen LogP contribution is -2.17. The topological polar surface area (TPSA) is 41.5 Å². The van der Waals surface area contributed by atoms with Gasteiger partial charge in [0.1, 0.15) is 4.88 Å². The molecule has 5 heteroatoms. The Balaban J connectivity index is 1.72. The number of benzene rings is 2. The van der Waals surface area contributed by atoms with Crippen molar-refractivity contribution in [2.75, 3.05) is 0 Å². The van der Waals surface area contributed by atoms with Gasteiger partial charge < -0.3 is 0 Å². The highest BCUT2D eigenvalue weighted by atomic mass is 35.5. The molecule has 1 aromatic heterocycles. The second-order valence-corrected chi connectivity index (χ2v) is 6.61. The van der Waals surface area contributed by atoms with E-state index in [9.17, 15) is 4.79 Å². The Kier molecular flexibility index (Phi) is 5.08. The Labute approximate surface area is 149 Å². The number of carbonyl (C=O) groups is 1. The van der Waals surface area contributed by atoms with Crippen molar-refractivity contribution in [1.82, 2.24) is 5.43 Å². The van der Waals surface area contributed by atoms with Gasteiger partial charge >= 0.3 is 0 Å². The molecular weight excluding hydrogens is 340 g/mol. The van der Waals surface area contributed by atoms with Gasteiger partial charge in [0.2, 0.25) is 0 Å². The van der Waals surface area contributed by atoms with Crippen molar-refractivity contribution in [2.45, 2.75) is 6.92 Å².